The fraction of sp³-hybridized carbons (Fsp3) is 0.111. The van der Waals surface area contributed by atoms with Gasteiger partial charge >= 0.3 is 0 Å². The number of aromatic nitrogens is 2. The lowest BCUT2D eigenvalue weighted by Gasteiger charge is -2.14. The Kier molecular flexibility index (Phi) is 5.05. The molecular weight excluding hydrogens is 400 g/mol. The molecule has 9 heteroatoms. The summed E-state index contributed by atoms with van der Waals surface area (Å²) in [5, 5.41) is 15.1. The highest BCUT2D eigenvalue weighted by Gasteiger charge is 2.22. The quantitative estimate of drug-likeness (QED) is 0.442. The van der Waals surface area contributed by atoms with Gasteiger partial charge in [-0.1, -0.05) is 23.2 Å². The standard InChI is InChI=1S/C18H11Cl2F3N4/c1-8-14(10-4-3-9(7-24)5-11(10)21)18(27(2)26-8)25-17-13(23)6-12(22)15(19)16(17)20/h3-6,25H,1-2H3. The molecule has 4 nitrogen and oxygen atoms in total. The van der Waals surface area contributed by atoms with Crippen LogP contribution < -0.4 is 5.32 Å². The Balaban J connectivity index is 2.18. The van der Waals surface area contributed by atoms with Crippen molar-refractivity contribution < 1.29 is 13.2 Å². The highest BCUT2D eigenvalue weighted by atomic mass is 35.5. The van der Waals surface area contributed by atoms with E-state index in [1.54, 1.807) is 14.0 Å². The van der Waals surface area contributed by atoms with Crippen molar-refractivity contribution in [3.05, 3.63) is 63.0 Å². The van der Waals surface area contributed by atoms with E-state index in [1.807, 2.05) is 6.07 Å². The Bertz CT molecular complexity index is 1100. The Morgan fingerprint density at radius 3 is 2.41 bits per heavy atom. The SMILES string of the molecule is Cc1nn(C)c(Nc2c(F)cc(F)c(Cl)c2Cl)c1-c1ccc(C#N)cc1F. The average Bonchev–Trinajstić information content (AvgIpc) is 2.90. The topological polar surface area (TPSA) is 53.6 Å². The summed E-state index contributed by atoms with van der Waals surface area (Å²) in [7, 11) is 1.57. The number of hydrogen-bond donors (Lipinski definition) is 1. The highest BCUT2D eigenvalue weighted by molar-refractivity contribution is 6.43. The third-order valence-electron chi connectivity index (χ3n) is 3.95. The third kappa shape index (κ3) is 3.34. The van der Waals surface area contributed by atoms with Crippen molar-refractivity contribution in [2.24, 2.45) is 7.05 Å². The van der Waals surface area contributed by atoms with Crippen LogP contribution in [-0.4, -0.2) is 9.78 Å². The first-order valence-electron chi connectivity index (χ1n) is 7.58. The van der Waals surface area contributed by atoms with Gasteiger partial charge in [0.2, 0.25) is 0 Å². The van der Waals surface area contributed by atoms with E-state index >= 15 is 0 Å². The summed E-state index contributed by atoms with van der Waals surface area (Å²) < 4.78 is 43.7. The van der Waals surface area contributed by atoms with Gasteiger partial charge in [0.05, 0.1) is 38.6 Å². The predicted molar refractivity (Wildman–Crippen MR) is 97.7 cm³/mol. The van der Waals surface area contributed by atoms with Crippen LogP contribution in [-0.2, 0) is 7.05 Å². The maximum atomic E-state index is 14.5. The molecule has 0 amide bonds. The van der Waals surface area contributed by atoms with Crippen molar-refractivity contribution in [1.29, 1.82) is 5.26 Å². The number of benzene rings is 2. The monoisotopic (exact) mass is 410 g/mol. The molecule has 1 N–H and O–H groups in total. The molecule has 0 saturated carbocycles. The summed E-state index contributed by atoms with van der Waals surface area (Å²) in [6, 6.07) is 6.43. The summed E-state index contributed by atoms with van der Waals surface area (Å²) in [6.07, 6.45) is 0. The Labute approximate surface area is 162 Å². The van der Waals surface area contributed by atoms with Gasteiger partial charge in [0.15, 0.2) is 5.82 Å². The van der Waals surface area contributed by atoms with E-state index in [1.165, 1.54) is 16.8 Å². The first kappa shape index (κ1) is 19.1. The zero-order chi connectivity index (χ0) is 19.9. The summed E-state index contributed by atoms with van der Waals surface area (Å²) in [5.41, 5.74) is 0.851. The number of anilines is 2. The fourth-order valence-electron chi connectivity index (χ4n) is 2.71. The maximum Gasteiger partial charge on any atom is 0.151 e. The molecule has 0 atom stereocenters. The zero-order valence-electron chi connectivity index (χ0n) is 14.0. The molecule has 0 aliphatic heterocycles. The molecule has 0 fully saturated rings. The van der Waals surface area contributed by atoms with Crippen LogP contribution in [0, 0.1) is 35.7 Å². The van der Waals surface area contributed by atoms with Crippen LogP contribution in [0.1, 0.15) is 11.3 Å². The van der Waals surface area contributed by atoms with Crippen LogP contribution >= 0.6 is 23.2 Å². The van der Waals surface area contributed by atoms with Crippen LogP contribution in [0.15, 0.2) is 24.3 Å². The summed E-state index contributed by atoms with van der Waals surface area (Å²) in [4.78, 5) is 0. The summed E-state index contributed by atoms with van der Waals surface area (Å²) >= 11 is 11.7. The predicted octanol–water partition coefficient (Wildman–Crippen LogP) is 5.73. The Hall–Kier alpha value is -2.69. The Morgan fingerprint density at radius 2 is 1.78 bits per heavy atom. The number of rotatable bonds is 3. The number of halogens is 5. The van der Waals surface area contributed by atoms with E-state index in [4.69, 9.17) is 28.5 Å². The molecule has 0 radical (unpaired) electrons. The second kappa shape index (κ2) is 7.14. The van der Waals surface area contributed by atoms with Crippen molar-refractivity contribution >= 4 is 34.7 Å². The molecule has 1 aromatic heterocycles. The van der Waals surface area contributed by atoms with Gasteiger partial charge in [0, 0.05) is 18.7 Å². The van der Waals surface area contributed by atoms with E-state index < -0.39 is 22.5 Å². The van der Waals surface area contributed by atoms with Crippen molar-refractivity contribution in [2.45, 2.75) is 6.92 Å². The van der Waals surface area contributed by atoms with Crippen LogP contribution in [0.3, 0.4) is 0 Å². The first-order valence-corrected chi connectivity index (χ1v) is 8.33. The van der Waals surface area contributed by atoms with Crippen LogP contribution in [0.25, 0.3) is 11.1 Å². The van der Waals surface area contributed by atoms with Crippen LogP contribution in [0.4, 0.5) is 24.7 Å². The second-order valence-corrected chi connectivity index (χ2v) is 6.46. The van der Waals surface area contributed by atoms with Crippen LogP contribution in [0.5, 0.6) is 0 Å². The molecule has 3 aromatic rings. The van der Waals surface area contributed by atoms with Gasteiger partial charge in [-0.2, -0.15) is 10.4 Å². The van der Waals surface area contributed by atoms with Crippen LogP contribution in [0.2, 0.25) is 10.0 Å². The summed E-state index contributed by atoms with van der Waals surface area (Å²) in [5.74, 6) is -2.38. The van der Waals surface area contributed by atoms with Gasteiger partial charge in [-0.05, 0) is 25.1 Å². The van der Waals surface area contributed by atoms with Gasteiger partial charge in [0.25, 0.3) is 0 Å². The van der Waals surface area contributed by atoms with Crippen molar-refractivity contribution in [2.75, 3.05) is 5.32 Å². The molecular formula is C18H11Cl2F3N4. The third-order valence-corrected chi connectivity index (χ3v) is 4.79. The van der Waals surface area contributed by atoms with E-state index in [0.29, 0.717) is 17.3 Å². The van der Waals surface area contributed by atoms with E-state index in [0.717, 1.165) is 6.07 Å². The van der Waals surface area contributed by atoms with Gasteiger partial charge < -0.3 is 5.32 Å². The molecule has 0 aliphatic rings. The van der Waals surface area contributed by atoms with Gasteiger partial charge in [-0.15, -0.1) is 0 Å². The Morgan fingerprint density at radius 1 is 1.07 bits per heavy atom. The van der Waals surface area contributed by atoms with Crippen molar-refractivity contribution in [3.8, 4) is 17.2 Å². The van der Waals surface area contributed by atoms with E-state index in [2.05, 4.69) is 10.4 Å². The first-order chi connectivity index (χ1) is 12.7. The number of hydrogen-bond acceptors (Lipinski definition) is 3. The molecule has 2 aromatic carbocycles. The van der Waals surface area contributed by atoms with E-state index in [9.17, 15) is 13.2 Å². The molecule has 0 spiro atoms. The van der Waals surface area contributed by atoms with Gasteiger partial charge in [-0.25, -0.2) is 13.2 Å². The number of aryl methyl sites for hydroxylation is 2. The fourth-order valence-corrected chi connectivity index (χ4v) is 3.09. The van der Waals surface area contributed by atoms with Crippen molar-refractivity contribution in [3.63, 3.8) is 0 Å². The van der Waals surface area contributed by atoms with E-state index in [-0.39, 0.29) is 27.7 Å². The highest BCUT2D eigenvalue weighted by Crippen LogP contribution is 2.40. The zero-order valence-corrected chi connectivity index (χ0v) is 15.6. The second-order valence-electron chi connectivity index (χ2n) is 5.71. The molecule has 0 saturated heterocycles. The molecule has 3 rings (SSSR count). The average molecular weight is 411 g/mol. The minimum Gasteiger partial charge on any atom is -0.336 e. The smallest absolute Gasteiger partial charge is 0.151 e. The molecule has 0 unspecified atom stereocenters. The number of nitrogens with one attached hydrogen (secondary N) is 1. The molecule has 1 heterocycles. The molecule has 0 bridgehead atoms. The largest absolute Gasteiger partial charge is 0.336 e. The van der Waals surface area contributed by atoms with Gasteiger partial charge in [0.1, 0.15) is 17.5 Å². The minimum absolute atomic E-state index is 0.159. The lowest BCUT2D eigenvalue weighted by atomic mass is 10.0. The lowest BCUT2D eigenvalue weighted by Crippen LogP contribution is -2.04. The lowest BCUT2D eigenvalue weighted by molar-refractivity contribution is 0.586. The molecule has 27 heavy (non-hydrogen) atoms. The van der Waals surface area contributed by atoms with Crippen molar-refractivity contribution in [1.82, 2.24) is 9.78 Å². The molecule has 0 aliphatic carbocycles. The maximum absolute atomic E-state index is 14.5. The van der Waals surface area contributed by atoms with Gasteiger partial charge in [-0.3, -0.25) is 4.68 Å². The minimum atomic E-state index is -0.996. The number of nitrogens with zero attached hydrogens (tertiary/aromatic N) is 3. The number of nitriles is 1. The normalized spacial score (nSPS) is 10.7. The molecule has 138 valence electrons. The summed E-state index contributed by atoms with van der Waals surface area (Å²) in [6.45, 7) is 1.65.